The van der Waals surface area contributed by atoms with E-state index in [-0.39, 0.29) is 6.10 Å². The molecule has 1 saturated heterocycles. The number of ether oxygens (including phenoxy) is 1. The van der Waals surface area contributed by atoms with Gasteiger partial charge in [-0.1, -0.05) is 36.4 Å². The number of anilines is 3. The van der Waals surface area contributed by atoms with Crippen LogP contribution in [0.5, 0.6) is 5.75 Å². The molecular weight excluding hydrogens is 388 g/mol. The predicted octanol–water partition coefficient (Wildman–Crippen LogP) is 4.62. The van der Waals surface area contributed by atoms with E-state index in [1.807, 2.05) is 54.7 Å². The Hall–Kier alpha value is -3.64. The third-order valence-corrected chi connectivity index (χ3v) is 5.64. The topological polar surface area (TPSA) is 70.5 Å². The Morgan fingerprint density at radius 3 is 2.68 bits per heavy atom. The number of para-hydroxylation sites is 1. The number of benzene rings is 3. The lowest BCUT2D eigenvalue weighted by atomic mass is 10.0. The monoisotopic (exact) mass is 412 g/mol. The number of aromatic nitrogens is 2. The largest absolute Gasteiger partial charge is 0.497 e. The summed E-state index contributed by atoms with van der Waals surface area (Å²) in [7, 11) is 1.67. The molecule has 0 amide bonds. The van der Waals surface area contributed by atoms with Crippen molar-refractivity contribution >= 4 is 28.2 Å². The Kier molecular flexibility index (Phi) is 5.14. The average molecular weight is 412 g/mol. The first-order valence-corrected chi connectivity index (χ1v) is 10.4. The van der Waals surface area contributed by atoms with Crippen molar-refractivity contribution in [2.24, 2.45) is 0 Å². The summed E-state index contributed by atoms with van der Waals surface area (Å²) in [6.07, 6.45) is 2.40. The van der Waals surface area contributed by atoms with E-state index < -0.39 is 0 Å². The first kappa shape index (κ1) is 19.3. The molecule has 2 N–H and O–H groups in total. The van der Waals surface area contributed by atoms with E-state index in [2.05, 4.69) is 33.4 Å². The third kappa shape index (κ3) is 4.02. The summed E-state index contributed by atoms with van der Waals surface area (Å²) in [5.41, 5.74) is 5.02. The molecule has 3 aromatic carbocycles. The van der Waals surface area contributed by atoms with Gasteiger partial charge in [0.05, 0.1) is 18.7 Å². The van der Waals surface area contributed by atoms with Gasteiger partial charge in [-0.25, -0.2) is 9.97 Å². The molecule has 1 aromatic heterocycles. The molecule has 2 heterocycles. The number of β-amino-alcohol motifs (C(OH)–C–C–N with tert-alkyl or cyclic N) is 1. The van der Waals surface area contributed by atoms with Gasteiger partial charge in [-0.05, 0) is 42.3 Å². The van der Waals surface area contributed by atoms with Crippen molar-refractivity contribution in [1.29, 1.82) is 0 Å². The predicted molar refractivity (Wildman–Crippen MR) is 124 cm³/mol. The van der Waals surface area contributed by atoms with Crippen LogP contribution in [0.15, 0.2) is 72.9 Å². The smallest absolute Gasteiger partial charge is 0.227 e. The maximum Gasteiger partial charge on any atom is 0.227 e. The van der Waals surface area contributed by atoms with Crippen molar-refractivity contribution in [3.05, 3.63) is 72.9 Å². The molecule has 6 nitrogen and oxygen atoms in total. The van der Waals surface area contributed by atoms with Crippen molar-refractivity contribution in [2.45, 2.75) is 12.5 Å². The normalized spacial score (nSPS) is 15.9. The molecule has 0 aliphatic carbocycles. The minimum absolute atomic E-state index is 0.253. The minimum Gasteiger partial charge on any atom is -0.497 e. The molecule has 6 heteroatoms. The van der Waals surface area contributed by atoms with Crippen LogP contribution in [0.2, 0.25) is 0 Å². The lowest BCUT2D eigenvalue weighted by Gasteiger charge is -2.18. The third-order valence-electron chi connectivity index (χ3n) is 5.64. The van der Waals surface area contributed by atoms with Crippen LogP contribution in [0, 0.1) is 0 Å². The van der Waals surface area contributed by atoms with Crippen molar-refractivity contribution in [2.75, 3.05) is 30.4 Å². The highest BCUT2D eigenvalue weighted by Gasteiger charge is 2.20. The molecule has 1 unspecified atom stereocenters. The number of nitrogens with one attached hydrogen (secondary N) is 1. The molecule has 31 heavy (non-hydrogen) atoms. The van der Waals surface area contributed by atoms with Gasteiger partial charge >= 0.3 is 0 Å². The van der Waals surface area contributed by atoms with Crippen LogP contribution in [-0.2, 0) is 0 Å². The van der Waals surface area contributed by atoms with Crippen LogP contribution in [0.1, 0.15) is 6.42 Å². The first-order chi connectivity index (χ1) is 15.2. The van der Waals surface area contributed by atoms with E-state index in [0.29, 0.717) is 12.5 Å². The van der Waals surface area contributed by atoms with E-state index in [1.165, 1.54) is 0 Å². The zero-order valence-electron chi connectivity index (χ0n) is 17.3. The SMILES string of the molecule is COc1ccc(-c2cccc3cnc(Nc4cccc(N5CCC(O)C5)c4)nc23)cc1. The highest BCUT2D eigenvalue weighted by atomic mass is 16.5. The van der Waals surface area contributed by atoms with E-state index in [4.69, 9.17) is 9.72 Å². The molecule has 156 valence electrons. The van der Waals surface area contributed by atoms with Gasteiger partial charge in [0, 0.05) is 41.6 Å². The van der Waals surface area contributed by atoms with Gasteiger partial charge in [-0.3, -0.25) is 0 Å². The van der Waals surface area contributed by atoms with E-state index >= 15 is 0 Å². The number of aliphatic hydroxyl groups is 1. The molecule has 4 aromatic rings. The summed E-state index contributed by atoms with van der Waals surface area (Å²) in [4.78, 5) is 11.5. The molecule has 0 radical (unpaired) electrons. The van der Waals surface area contributed by atoms with Crippen LogP contribution in [-0.4, -0.2) is 41.4 Å². The zero-order valence-corrected chi connectivity index (χ0v) is 17.3. The number of aliphatic hydroxyl groups excluding tert-OH is 1. The molecule has 0 saturated carbocycles. The molecule has 1 fully saturated rings. The second kappa shape index (κ2) is 8.24. The number of fused-ring (bicyclic) bond motifs is 1. The van der Waals surface area contributed by atoms with Gasteiger partial charge in [0.1, 0.15) is 5.75 Å². The molecule has 1 aliphatic heterocycles. The summed E-state index contributed by atoms with van der Waals surface area (Å²) in [6, 6.07) is 22.2. The Bertz CT molecular complexity index is 1210. The van der Waals surface area contributed by atoms with Crippen molar-refractivity contribution in [3.63, 3.8) is 0 Å². The van der Waals surface area contributed by atoms with Crippen LogP contribution in [0.3, 0.4) is 0 Å². The average Bonchev–Trinajstić information content (AvgIpc) is 3.25. The van der Waals surface area contributed by atoms with Gasteiger partial charge in [0.25, 0.3) is 0 Å². The van der Waals surface area contributed by atoms with Crippen LogP contribution in [0.25, 0.3) is 22.0 Å². The highest BCUT2D eigenvalue weighted by molar-refractivity contribution is 5.94. The summed E-state index contributed by atoms with van der Waals surface area (Å²) in [6.45, 7) is 1.53. The quantitative estimate of drug-likeness (QED) is 0.498. The second-order valence-corrected chi connectivity index (χ2v) is 7.73. The van der Waals surface area contributed by atoms with Crippen molar-refractivity contribution in [1.82, 2.24) is 9.97 Å². The van der Waals surface area contributed by atoms with Gasteiger partial charge in [-0.15, -0.1) is 0 Å². The summed E-state index contributed by atoms with van der Waals surface area (Å²) >= 11 is 0. The fourth-order valence-electron chi connectivity index (χ4n) is 4.01. The van der Waals surface area contributed by atoms with Gasteiger partial charge in [-0.2, -0.15) is 0 Å². The number of hydrogen-bond acceptors (Lipinski definition) is 6. The zero-order chi connectivity index (χ0) is 21.2. The van der Waals surface area contributed by atoms with Crippen molar-refractivity contribution in [3.8, 4) is 16.9 Å². The number of methoxy groups -OCH3 is 1. The number of rotatable bonds is 5. The molecular formula is C25H24N4O2. The van der Waals surface area contributed by atoms with E-state index in [1.54, 1.807) is 7.11 Å². The maximum atomic E-state index is 9.83. The van der Waals surface area contributed by atoms with Gasteiger partial charge < -0.3 is 20.1 Å². The fraction of sp³-hybridized carbons (Fsp3) is 0.200. The Morgan fingerprint density at radius 2 is 1.90 bits per heavy atom. The number of nitrogens with zero attached hydrogens (tertiary/aromatic N) is 3. The first-order valence-electron chi connectivity index (χ1n) is 10.4. The lowest BCUT2D eigenvalue weighted by molar-refractivity contribution is 0.198. The van der Waals surface area contributed by atoms with Gasteiger partial charge in [0.2, 0.25) is 5.95 Å². The molecule has 1 aliphatic rings. The van der Waals surface area contributed by atoms with Gasteiger partial charge in [0.15, 0.2) is 0 Å². The van der Waals surface area contributed by atoms with E-state index in [9.17, 15) is 5.11 Å². The standard InChI is InChI=1S/C25H24N4O2/c1-31-22-10-8-17(9-11-22)23-7-2-4-18-15-26-25(28-24(18)23)27-19-5-3-6-20(14-19)29-13-12-21(30)16-29/h2-11,14-15,21,30H,12-13,16H2,1H3,(H,26,27,28). The Morgan fingerprint density at radius 1 is 1.06 bits per heavy atom. The molecule has 0 spiro atoms. The van der Waals surface area contributed by atoms with Crippen molar-refractivity contribution < 1.29 is 9.84 Å². The van der Waals surface area contributed by atoms with E-state index in [0.717, 1.165) is 52.1 Å². The maximum absolute atomic E-state index is 9.83. The second-order valence-electron chi connectivity index (χ2n) is 7.73. The summed E-state index contributed by atoms with van der Waals surface area (Å²) in [5, 5.41) is 14.2. The van der Waals surface area contributed by atoms with Crippen LogP contribution < -0.4 is 15.0 Å². The molecule has 5 rings (SSSR count). The fourth-order valence-corrected chi connectivity index (χ4v) is 4.01. The Labute approximate surface area is 181 Å². The molecule has 0 bridgehead atoms. The minimum atomic E-state index is -0.253. The Balaban J connectivity index is 1.46. The van der Waals surface area contributed by atoms with Crippen LogP contribution in [0.4, 0.5) is 17.3 Å². The van der Waals surface area contributed by atoms with Crippen LogP contribution >= 0.6 is 0 Å². The summed E-state index contributed by atoms with van der Waals surface area (Å²) in [5.74, 6) is 1.37. The number of hydrogen-bond donors (Lipinski definition) is 2. The summed E-state index contributed by atoms with van der Waals surface area (Å²) < 4.78 is 5.28. The highest BCUT2D eigenvalue weighted by Crippen LogP contribution is 2.30. The lowest BCUT2D eigenvalue weighted by Crippen LogP contribution is -2.21. The molecule has 1 atom stereocenters.